The Morgan fingerprint density at radius 3 is 2.67 bits per heavy atom. The smallest absolute Gasteiger partial charge is 0.341 e. The first kappa shape index (κ1) is 12.0. The molecule has 2 rings (SSSR count). The van der Waals surface area contributed by atoms with Crippen molar-refractivity contribution in [3.63, 3.8) is 0 Å². The quantitative estimate of drug-likeness (QED) is 0.861. The second kappa shape index (κ2) is 5.27. The second-order valence-electron chi connectivity index (χ2n) is 3.66. The maximum atomic E-state index is 11.0. The van der Waals surface area contributed by atoms with Gasteiger partial charge in [-0.15, -0.1) is 0 Å². The molecule has 1 heterocycles. The maximum Gasteiger partial charge on any atom is 0.341 e. The zero-order chi connectivity index (χ0) is 13.0. The van der Waals surface area contributed by atoms with E-state index in [1.807, 2.05) is 37.3 Å². The number of carboxylic acids is 1. The summed E-state index contributed by atoms with van der Waals surface area (Å²) < 4.78 is 0. The van der Waals surface area contributed by atoms with E-state index in [-0.39, 0.29) is 5.56 Å². The molecule has 0 radical (unpaired) electrons. The predicted molar refractivity (Wildman–Crippen MR) is 68.6 cm³/mol. The zero-order valence-corrected chi connectivity index (χ0v) is 9.92. The molecule has 0 atom stereocenters. The van der Waals surface area contributed by atoms with Crippen molar-refractivity contribution in [2.45, 2.75) is 6.92 Å². The van der Waals surface area contributed by atoms with Gasteiger partial charge in [0, 0.05) is 18.3 Å². The van der Waals surface area contributed by atoms with E-state index in [9.17, 15) is 4.79 Å². The molecule has 5 nitrogen and oxygen atoms in total. The number of hydrogen-bond acceptors (Lipinski definition) is 4. The number of rotatable bonds is 4. The number of benzene rings is 1. The van der Waals surface area contributed by atoms with Gasteiger partial charge in [-0.25, -0.2) is 14.8 Å². The summed E-state index contributed by atoms with van der Waals surface area (Å²) >= 11 is 0. The van der Waals surface area contributed by atoms with Crippen molar-refractivity contribution in [1.82, 2.24) is 9.97 Å². The summed E-state index contributed by atoms with van der Waals surface area (Å²) in [7, 11) is 0. The lowest BCUT2D eigenvalue weighted by Crippen LogP contribution is -2.09. The van der Waals surface area contributed by atoms with Crippen LogP contribution in [0.1, 0.15) is 17.3 Å². The van der Waals surface area contributed by atoms with Gasteiger partial charge in [0.2, 0.25) is 0 Å². The Hall–Kier alpha value is -2.43. The van der Waals surface area contributed by atoms with Crippen molar-refractivity contribution >= 4 is 11.8 Å². The fourth-order valence-corrected chi connectivity index (χ4v) is 1.57. The Morgan fingerprint density at radius 2 is 2.06 bits per heavy atom. The van der Waals surface area contributed by atoms with Crippen LogP contribution >= 0.6 is 0 Å². The first-order valence-electron chi connectivity index (χ1n) is 5.62. The van der Waals surface area contributed by atoms with Gasteiger partial charge in [-0.05, 0) is 6.92 Å². The third-order valence-corrected chi connectivity index (χ3v) is 2.40. The second-order valence-corrected chi connectivity index (χ2v) is 3.66. The number of anilines is 1. The van der Waals surface area contributed by atoms with E-state index >= 15 is 0 Å². The molecule has 0 bridgehead atoms. The van der Waals surface area contributed by atoms with Gasteiger partial charge in [-0.2, -0.15) is 0 Å². The zero-order valence-electron chi connectivity index (χ0n) is 9.92. The minimum absolute atomic E-state index is 0.0801. The summed E-state index contributed by atoms with van der Waals surface area (Å²) in [5.74, 6) is -0.180. The summed E-state index contributed by atoms with van der Waals surface area (Å²) in [6, 6.07) is 9.44. The van der Waals surface area contributed by atoms with Crippen molar-refractivity contribution in [2.75, 3.05) is 11.9 Å². The number of carboxylic acid groups (broad SMARTS) is 1. The number of aromatic carboxylic acids is 1. The van der Waals surface area contributed by atoms with E-state index in [0.29, 0.717) is 18.2 Å². The highest BCUT2D eigenvalue weighted by molar-refractivity contribution is 5.93. The molecule has 1 aromatic carbocycles. The van der Waals surface area contributed by atoms with Gasteiger partial charge in [-0.3, -0.25) is 0 Å². The molecule has 0 aliphatic carbocycles. The van der Waals surface area contributed by atoms with E-state index in [1.54, 1.807) is 0 Å². The number of aromatic nitrogens is 2. The minimum atomic E-state index is -1.04. The third-order valence-electron chi connectivity index (χ3n) is 2.40. The largest absolute Gasteiger partial charge is 0.477 e. The highest BCUT2D eigenvalue weighted by atomic mass is 16.4. The van der Waals surface area contributed by atoms with Crippen LogP contribution in [-0.2, 0) is 0 Å². The Labute approximate surface area is 105 Å². The first-order valence-corrected chi connectivity index (χ1v) is 5.62. The number of nitrogens with zero attached hydrogens (tertiary/aromatic N) is 2. The fraction of sp³-hybridized carbons (Fsp3) is 0.154. The molecule has 18 heavy (non-hydrogen) atoms. The normalized spacial score (nSPS) is 10.1. The molecule has 5 heteroatoms. The van der Waals surface area contributed by atoms with Gasteiger partial charge in [0.1, 0.15) is 11.4 Å². The molecule has 2 N–H and O–H groups in total. The molecule has 0 aliphatic heterocycles. The van der Waals surface area contributed by atoms with Gasteiger partial charge >= 0.3 is 5.97 Å². The van der Waals surface area contributed by atoms with Crippen LogP contribution in [0.3, 0.4) is 0 Å². The lowest BCUT2D eigenvalue weighted by Gasteiger charge is -2.08. The third kappa shape index (κ3) is 2.45. The highest BCUT2D eigenvalue weighted by Crippen LogP contribution is 2.18. The first-order chi connectivity index (χ1) is 8.72. The van der Waals surface area contributed by atoms with E-state index in [4.69, 9.17) is 5.11 Å². The average molecular weight is 243 g/mol. The predicted octanol–water partition coefficient (Wildman–Crippen LogP) is 2.27. The number of nitrogens with one attached hydrogen (secondary N) is 1. The Morgan fingerprint density at radius 1 is 1.33 bits per heavy atom. The molecule has 0 aliphatic rings. The van der Waals surface area contributed by atoms with Crippen molar-refractivity contribution in [3.05, 3.63) is 42.1 Å². The molecule has 0 saturated heterocycles. The molecular weight excluding hydrogens is 230 g/mol. The molecule has 92 valence electrons. The molecule has 0 unspecified atom stereocenters. The highest BCUT2D eigenvalue weighted by Gasteiger charge is 2.13. The molecule has 0 spiro atoms. The summed E-state index contributed by atoms with van der Waals surface area (Å²) in [6.07, 6.45) is 1.33. The van der Waals surface area contributed by atoms with Gasteiger partial charge in [0.15, 0.2) is 5.82 Å². The van der Waals surface area contributed by atoms with Crippen LogP contribution in [0.25, 0.3) is 11.4 Å². The lowest BCUT2D eigenvalue weighted by atomic mass is 10.2. The van der Waals surface area contributed by atoms with E-state index in [0.717, 1.165) is 5.56 Å². The summed E-state index contributed by atoms with van der Waals surface area (Å²) in [5.41, 5.74) is 0.935. The molecule has 2 aromatic rings. The Balaban J connectivity index is 2.46. The monoisotopic (exact) mass is 243 g/mol. The number of carbonyl (C=O) groups is 1. The van der Waals surface area contributed by atoms with Crippen LogP contribution in [-0.4, -0.2) is 27.6 Å². The summed E-state index contributed by atoms with van der Waals surface area (Å²) in [4.78, 5) is 19.4. The van der Waals surface area contributed by atoms with Crippen molar-refractivity contribution in [2.24, 2.45) is 0 Å². The fourth-order valence-electron chi connectivity index (χ4n) is 1.57. The molecule has 1 aromatic heterocycles. The molecule has 0 amide bonds. The lowest BCUT2D eigenvalue weighted by molar-refractivity contribution is 0.0697. The molecule has 0 fully saturated rings. The SMILES string of the molecule is CCNc1nc(-c2ccccc2)ncc1C(=O)O. The average Bonchev–Trinajstić information content (AvgIpc) is 2.40. The van der Waals surface area contributed by atoms with Gasteiger partial charge in [0.25, 0.3) is 0 Å². The molecule has 0 saturated carbocycles. The van der Waals surface area contributed by atoms with Gasteiger partial charge < -0.3 is 10.4 Å². The van der Waals surface area contributed by atoms with Crippen LogP contribution in [0.2, 0.25) is 0 Å². The Bertz CT molecular complexity index is 555. The van der Waals surface area contributed by atoms with Gasteiger partial charge in [-0.1, -0.05) is 30.3 Å². The van der Waals surface area contributed by atoms with Crippen molar-refractivity contribution < 1.29 is 9.90 Å². The van der Waals surface area contributed by atoms with E-state index < -0.39 is 5.97 Å². The van der Waals surface area contributed by atoms with E-state index in [2.05, 4.69) is 15.3 Å². The van der Waals surface area contributed by atoms with Crippen LogP contribution in [0.15, 0.2) is 36.5 Å². The van der Waals surface area contributed by atoms with E-state index in [1.165, 1.54) is 6.20 Å². The van der Waals surface area contributed by atoms with Crippen LogP contribution in [0.5, 0.6) is 0 Å². The topological polar surface area (TPSA) is 75.1 Å². The molecular formula is C13H13N3O2. The number of hydrogen-bond donors (Lipinski definition) is 2. The maximum absolute atomic E-state index is 11.0. The van der Waals surface area contributed by atoms with Crippen LogP contribution < -0.4 is 5.32 Å². The van der Waals surface area contributed by atoms with Gasteiger partial charge in [0.05, 0.1) is 0 Å². The van der Waals surface area contributed by atoms with Crippen LogP contribution in [0, 0.1) is 0 Å². The summed E-state index contributed by atoms with van der Waals surface area (Å²) in [5, 5.41) is 12.0. The summed E-state index contributed by atoms with van der Waals surface area (Å²) in [6.45, 7) is 2.49. The Kier molecular flexibility index (Phi) is 3.52. The standard InChI is InChI=1S/C13H13N3O2/c1-2-14-12-10(13(17)18)8-15-11(16-12)9-6-4-3-5-7-9/h3-8H,2H2,1H3,(H,17,18)(H,14,15,16). The van der Waals surface area contributed by atoms with Crippen molar-refractivity contribution in [3.8, 4) is 11.4 Å². The van der Waals surface area contributed by atoms with Crippen molar-refractivity contribution in [1.29, 1.82) is 0 Å². The minimum Gasteiger partial charge on any atom is -0.477 e. The van der Waals surface area contributed by atoms with Crippen LogP contribution in [0.4, 0.5) is 5.82 Å².